The molecule has 1 aliphatic rings. The number of nitriles is 1. The zero-order valence-electron chi connectivity index (χ0n) is 11.5. The monoisotopic (exact) mass is 290 g/mol. The number of rotatable bonds is 4. The lowest BCUT2D eigenvalue weighted by atomic mass is 10.0. The van der Waals surface area contributed by atoms with E-state index in [1.54, 1.807) is 0 Å². The van der Waals surface area contributed by atoms with Gasteiger partial charge in [-0.1, -0.05) is 6.07 Å². The topological polar surface area (TPSA) is 64.3 Å². The summed E-state index contributed by atoms with van der Waals surface area (Å²) in [4.78, 5) is 13.2. The molecule has 20 heavy (non-hydrogen) atoms. The van der Waals surface area contributed by atoms with E-state index >= 15 is 0 Å². The molecular formula is C15H18N2O2S. The smallest absolute Gasteiger partial charge is 0.304 e. The van der Waals surface area contributed by atoms with Crippen LogP contribution in [0.1, 0.15) is 23.1 Å². The highest BCUT2D eigenvalue weighted by Crippen LogP contribution is 2.22. The maximum atomic E-state index is 10.9. The molecule has 0 aromatic heterocycles. The van der Waals surface area contributed by atoms with E-state index in [0.29, 0.717) is 5.56 Å². The van der Waals surface area contributed by atoms with E-state index in [1.807, 2.05) is 36.9 Å². The molecular weight excluding hydrogens is 272 g/mol. The molecule has 1 aromatic rings. The van der Waals surface area contributed by atoms with Crippen molar-refractivity contribution in [2.24, 2.45) is 0 Å². The molecule has 1 aromatic carbocycles. The number of hydrogen-bond donors (Lipinski definition) is 1. The number of nitrogens with zero attached hydrogens (tertiary/aromatic N) is 2. The van der Waals surface area contributed by atoms with Gasteiger partial charge in [0.1, 0.15) is 0 Å². The average Bonchev–Trinajstić information content (AvgIpc) is 2.42. The predicted octanol–water partition coefficient (Wildman–Crippen LogP) is 2.26. The average molecular weight is 290 g/mol. The summed E-state index contributed by atoms with van der Waals surface area (Å²) in [5.41, 5.74) is 2.94. The fraction of sp³-hybridized carbons (Fsp3) is 0.467. The van der Waals surface area contributed by atoms with Gasteiger partial charge in [0.05, 0.1) is 18.1 Å². The molecule has 2 rings (SSSR count). The van der Waals surface area contributed by atoms with Crippen LogP contribution in [0.5, 0.6) is 0 Å². The summed E-state index contributed by atoms with van der Waals surface area (Å²) in [5, 5.41) is 17.9. The van der Waals surface area contributed by atoms with Gasteiger partial charge in [0, 0.05) is 30.6 Å². The SMILES string of the molecule is Cc1cc(C#N)ccc1CN1CCSCC1CC(=O)O. The maximum Gasteiger partial charge on any atom is 0.304 e. The van der Waals surface area contributed by atoms with Gasteiger partial charge in [0.15, 0.2) is 0 Å². The van der Waals surface area contributed by atoms with Crippen LogP contribution in [-0.2, 0) is 11.3 Å². The zero-order chi connectivity index (χ0) is 14.5. The van der Waals surface area contributed by atoms with Crippen molar-refractivity contribution in [3.63, 3.8) is 0 Å². The molecule has 0 aliphatic carbocycles. The Morgan fingerprint density at radius 1 is 1.60 bits per heavy atom. The molecule has 106 valence electrons. The van der Waals surface area contributed by atoms with E-state index < -0.39 is 5.97 Å². The van der Waals surface area contributed by atoms with Crippen molar-refractivity contribution in [3.8, 4) is 6.07 Å². The molecule has 1 saturated heterocycles. The Hall–Kier alpha value is -1.51. The standard InChI is InChI=1S/C15H18N2O2S/c1-11-6-12(8-16)2-3-13(11)9-17-4-5-20-10-14(17)7-15(18)19/h2-3,6,14H,4-5,7,9-10H2,1H3,(H,18,19). The first-order chi connectivity index (χ1) is 9.60. The fourth-order valence-corrected chi connectivity index (χ4v) is 3.58. The summed E-state index contributed by atoms with van der Waals surface area (Å²) in [6, 6.07) is 7.93. The van der Waals surface area contributed by atoms with Gasteiger partial charge in [-0.05, 0) is 30.2 Å². The molecule has 1 atom stereocenters. The minimum atomic E-state index is -0.737. The van der Waals surface area contributed by atoms with Crippen LogP contribution in [0.15, 0.2) is 18.2 Å². The van der Waals surface area contributed by atoms with Crippen molar-refractivity contribution < 1.29 is 9.90 Å². The highest BCUT2D eigenvalue weighted by molar-refractivity contribution is 7.99. The molecule has 1 heterocycles. The van der Waals surface area contributed by atoms with Gasteiger partial charge in [0.2, 0.25) is 0 Å². The molecule has 1 aliphatic heterocycles. The minimum absolute atomic E-state index is 0.0984. The third-order valence-corrected chi connectivity index (χ3v) is 4.70. The zero-order valence-corrected chi connectivity index (χ0v) is 12.3. The van der Waals surface area contributed by atoms with Crippen LogP contribution >= 0.6 is 11.8 Å². The summed E-state index contributed by atoms with van der Waals surface area (Å²) in [6.07, 6.45) is 0.197. The maximum absolute atomic E-state index is 10.9. The van der Waals surface area contributed by atoms with Crippen molar-refractivity contribution >= 4 is 17.7 Å². The summed E-state index contributed by atoms with van der Waals surface area (Å²) >= 11 is 1.82. The number of thioether (sulfide) groups is 1. The minimum Gasteiger partial charge on any atom is -0.481 e. The van der Waals surface area contributed by atoms with Gasteiger partial charge in [-0.15, -0.1) is 0 Å². The Kier molecular flexibility index (Phi) is 5.05. The number of carboxylic acid groups (broad SMARTS) is 1. The van der Waals surface area contributed by atoms with Crippen molar-refractivity contribution in [3.05, 3.63) is 34.9 Å². The molecule has 4 nitrogen and oxygen atoms in total. The predicted molar refractivity (Wildman–Crippen MR) is 79.7 cm³/mol. The fourth-order valence-electron chi connectivity index (χ4n) is 2.45. The molecule has 0 saturated carbocycles. The molecule has 1 fully saturated rings. The molecule has 1 unspecified atom stereocenters. The molecule has 0 radical (unpaired) electrons. The summed E-state index contributed by atoms with van der Waals surface area (Å²) in [7, 11) is 0. The van der Waals surface area contributed by atoms with Crippen molar-refractivity contribution in [1.29, 1.82) is 5.26 Å². The number of hydrogen-bond acceptors (Lipinski definition) is 4. The van der Waals surface area contributed by atoms with E-state index in [1.165, 1.54) is 5.56 Å². The second kappa shape index (κ2) is 6.78. The van der Waals surface area contributed by atoms with Gasteiger partial charge in [-0.3, -0.25) is 9.69 Å². The number of carbonyl (C=O) groups is 1. The van der Waals surface area contributed by atoms with Gasteiger partial charge in [-0.2, -0.15) is 17.0 Å². The molecule has 0 spiro atoms. The van der Waals surface area contributed by atoms with Crippen LogP contribution < -0.4 is 0 Å². The van der Waals surface area contributed by atoms with Crippen LogP contribution in [0.2, 0.25) is 0 Å². The van der Waals surface area contributed by atoms with Crippen LogP contribution in [0, 0.1) is 18.3 Å². The summed E-state index contributed by atoms with van der Waals surface area (Å²) < 4.78 is 0. The Labute approximate surface area is 123 Å². The first-order valence-electron chi connectivity index (χ1n) is 6.63. The Morgan fingerprint density at radius 2 is 2.40 bits per heavy atom. The largest absolute Gasteiger partial charge is 0.481 e. The van der Waals surface area contributed by atoms with Crippen LogP contribution in [0.25, 0.3) is 0 Å². The lowest BCUT2D eigenvalue weighted by Crippen LogP contribution is -2.43. The van der Waals surface area contributed by atoms with Gasteiger partial charge in [0.25, 0.3) is 0 Å². The molecule has 1 N–H and O–H groups in total. The second-order valence-corrected chi connectivity index (χ2v) is 6.20. The number of carboxylic acids is 1. The third kappa shape index (κ3) is 3.75. The second-order valence-electron chi connectivity index (χ2n) is 5.05. The number of aryl methyl sites for hydroxylation is 1. The molecule has 0 amide bonds. The van der Waals surface area contributed by atoms with Crippen LogP contribution in [0.3, 0.4) is 0 Å². The lowest BCUT2D eigenvalue weighted by Gasteiger charge is -2.34. The highest BCUT2D eigenvalue weighted by atomic mass is 32.2. The third-order valence-electron chi connectivity index (χ3n) is 3.60. The first kappa shape index (κ1) is 14.9. The van der Waals surface area contributed by atoms with Crippen molar-refractivity contribution in [1.82, 2.24) is 4.90 Å². The van der Waals surface area contributed by atoms with E-state index in [9.17, 15) is 4.79 Å². The van der Waals surface area contributed by atoms with E-state index in [4.69, 9.17) is 10.4 Å². The van der Waals surface area contributed by atoms with Gasteiger partial charge >= 0.3 is 5.97 Å². The quantitative estimate of drug-likeness (QED) is 0.921. The van der Waals surface area contributed by atoms with Crippen molar-refractivity contribution in [2.45, 2.75) is 25.9 Å². The van der Waals surface area contributed by atoms with Crippen LogP contribution in [0.4, 0.5) is 0 Å². The molecule has 0 bridgehead atoms. The van der Waals surface area contributed by atoms with Crippen molar-refractivity contribution in [2.75, 3.05) is 18.1 Å². The Bertz CT molecular complexity index is 539. The van der Waals surface area contributed by atoms with Gasteiger partial charge in [-0.25, -0.2) is 0 Å². The number of aliphatic carboxylic acids is 1. The molecule has 5 heteroatoms. The Morgan fingerprint density at radius 3 is 3.05 bits per heavy atom. The normalized spacial score (nSPS) is 19.5. The summed E-state index contributed by atoms with van der Waals surface area (Å²) in [6.45, 7) is 3.68. The lowest BCUT2D eigenvalue weighted by molar-refractivity contribution is -0.138. The van der Waals surface area contributed by atoms with Crippen LogP contribution in [-0.4, -0.2) is 40.1 Å². The van der Waals surface area contributed by atoms with Gasteiger partial charge < -0.3 is 5.11 Å². The highest BCUT2D eigenvalue weighted by Gasteiger charge is 2.25. The van der Waals surface area contributed by atoms with E-state index in [2.05, 4.69) is 11.0 Å². The number of benzene rings is 1. The first-order valence-corrected chi connectivity index (χ1v) is 7.79. The van der Waals surface area contributed by atoms with E-state index in [0.717, 1.165) is 30.2 Å². The van der Waals surface area contributed by atoms with E-state index in [-0.39, 0.29) is 12.5 Å². The summed E-state index contributed by atoms with van der Waals surface area (Å²) in [5.74, 6) is 1.19. The Balaban J connectivity index is 2.10.